The normalized spacial score (nSPS) is 24.3. The number of aliphatic hydroxyl groups is 1. The zero-order chi connectivity index (χ0) is 12.4. The van der Waals surface area contributed by atoms with Gasteiger partial charge in [-0.05, 0) is 43.0 Å². The van der Waals surface area contributed by atoms with Gasteiger partial charge in [-0.3, -0.25) is 0 Å². The highest BCUT2D eigenvalue weighted by atomic mass is 32.1. The van der Waals surface area contributed by atoms with Gasteiger partial charge in [0.25, 0.3) is 0 Å². The molecule has 0 saturated heterocycles. The summed E-state index contributed by atoms with van der Waals surface area (Å²) in [5.74, 6) is 0.834. The van der Waals surface area contributed by atoms with E-state index in [1.165, 1.54) is 43.4 Å². The number of nitrogens with one attached hydrogen (secondary N) is 1. The molecule has 3 rings (SSSR count). The molecule has 2 aliphatic rings. The van der Waals surface area contributed by atoms with E-state index in [4.69, 9.17) is 0 Å². The molecule has 1 atom stereocenters. The molecule has 0 aromatic carbocycles. The molecule has 2 aliphatic carbocycles. The minimum atomic E-state index is 0.171. The van der Waals surface area contributed by atoms with Gasteiger partial charge in [0.2, 0.25) is 0 Å². The summed E-state index contributed by atoms with van der Waals surface area (Å²) in [6, 6.07) is 4.93. The van der Waals surface area contributed by atoms with Crippen LogP contribution in [0.25, 0.3) is 0 Å². The average Bonchev–Trinajstić information content (AvgIpc) is 2.93. The molecule has 1 aromatic heterocycles. The standard InChI is InChI=1S/C15H23NOS/c17-11-15(7-1-2-8-15)10-16-14(12-5-6-12)13-4-3-9-18-13/h3-4,9,12,14,16-17H,1-2,5-8,10-11H2. The summed E-state index contributed by atoms with van der Waals surface area (Å²) in [5.41, 5.74) is 0.171. The van der Waals surface area contributed by atoms with Crippen molar-refractivity contribution in [3.8, 4) is 0 Å². The molecule has 3 heteroatoms. The molecule has 100 valence electrons. The van der Waals surface area contributed by atoms with Crippen molar-refractivity contribution < 1.29 is 5.11 Å². The quantitative estimate of drug-likeness (QED) is 0.827. The van der Waals surface area contributed by atoms with Crippen LogP contribution in [0.4, 0.5) is 0 Å². The van der Waals surface area contributed by atoms with Gasteiger partial charge >= 0.3 is 0 Å². The van der Waals surface area contributed by atoms with Crippen molar-refractivity contribution in [2.75, 3.05) is 13.2 Å². The Labute approximate surface area is 113 Å². The number of thiophene rings is 1. The summed E-state index contributed by atoms with van der Waals surface area (Å²) < 4.78 is 0. The van der Waals surface area contributed by atoms with E-state index in [0.29, 0.717) is 12.6 Å². The molecule has 1 heterocycles. The second-order valence-corrected chi connectivity index (χ2v) is 7.06. The van der Waals surface area contributed by atoms with E-state index in [1.807, 2.05) is 11.3 Å². The van der Waals surface area contributed by atoms with Gasteiger partial charge < -0.3 is 10.4 Å². The Morgan fingerprint density at radius 1 is 1.39 bits per heavy atom. The minimum Gasteiger partial charge on any atom is -0.396 e. The van der Waals surface area contributed by atoms with Crippen molar-refractivity contribution in [2.24, 2.45) is 11.3 Å². The zero-order valence-electron chi connectivity index (χ0n) is 10.9. The molecule has 2 saturated carbocycles. The molecule has 0 amide bonds. The number of aliphatic hydroxyl groups excluding tert-OH is 1. The monoisotopic (exact) mass is 265 g/mol. The van der Waals surface area contributed by atoms with Crippen LogP contribution in [0.15, 0.2) is 17.5 Å². The molecule has 1 unspecified atom stereocenters. The second-order valence-electron chi connectivity index (χ2n) is 6.08. The lowest BCUT2D eigenvalue weighted by molar-refractivity contribution is 0.123. The Morgan fingerprint density at radius 3 is 2.72 bits per heavy atom. The van der Waals surface area contributed by atoms with E-state index in [2.05, 4.69) is 22.8 Å². The second kappa shape index (κ2) is 5.32. The first kappa shape index (κ1) is 12.6. The predicted octanol–water partition coefficient (Wildman–Crippen LogP) is 3.34. The van der Waals surface area contributed by atoms with Gasteiger partial charge in [0.15, 0.2) is 0 Å². The highest BCUT2D eigenvalue weighted by Crippen LogP contribution is 2.44. The van der Waals surface area contributed by atoms with Crippen LogP contribution < -0.4 is 5.32 Å². The molecule has 0 spiro atoms. The molecule has 2 N–H and O–H groups in total. The van der Waals surface area contributed by atoms with Gasteiger partial charge in [-0.1, -0.05) is 18.9 Å². The fourth-order valence-corrected chi connectivity index (χ4v) is 4.13. The van der Waals surface area contributed by atoms with Crippen LogP contribution in [0.5, 0.6) is 0 Å². The van der Waals surface area contributed by atoms with Gasteiger partial charge in [-0.15, -0.1) is 11.3 Å². The van der Waals surface area contributed by atoms with Crippen molar-refractivity contribution in [3.63, 3.8) is 0 Å². The lowest BCUT2D eigenvalue weighted by atomic mass is 9.87. The van der Waals surface area contributed by atoms with Crippen LogP contribution in [0, 0.1) is 11.3 Å². The van der Waals surface area contributed by atoms with Crippen LogP contribution in [0.3, 0.4) is 0 Å². The summed E-state index contributed by atoms with van der Waals surface area (Å²) in [6.07, 6.45) is 7.69. The number of hydrogen-bond acceptors (Lipinski definition) is 3. The Morgan fingerprint density at radius 2 is 2.17 bits per heavy atom. The Bertz CT molecular complexity index is 366. The van der Waals surface area contributed by atoms with E-state index < -0.39 is 0 Å². The molecule has 0 bridgehead atoms. The van der Waals surface area contributed by atoms with E-state index in [1.54, 1.807) is 0 Å². The summed E-state index contributed by atoms with van der Waals surface area (Å²) in [6.45, 7) is 1.34. The maximum atomic E-state index is 9.68. The van der Waals surface area contributed by atoms with Gasteiger partial charge in [0.1, 0.15) is 0 Å². The molecular weight excluding hydrogens is 242 g/mol. The highest BCUT2D eigenvalue weighted by molar-refractivity contribution is 7.10. The fraction of sp³-hybridized carbons (Fsp3) is 0.733. The van der Waals surface area contributed by atoms with Crippen molar-refractivity contribution >= 4 is 11.3 Å². The van der Waals surface area contributed by atoms with Crippen LogP contribution in [-0.4, -0.2) is 18.3 Å². The van der Waals surface area contributed by atoms with E-state index in [9.17, 15) is 5.11 Å². The molecule has 2 nitrogen and oxygen atoms in total. The third-order valence-electron chi connectivity index (χ3n) is 4.64. The third kappa shape index (κ3) is 2.63. The summed E-state index contributed by atoms with van der Waals surface area (Å²) >= 11 is 1.86. The lowest BCUT2D eigenvalue weighted by Gasteiger charge is -2.29. The summed E-state index contributed by atoms with van der Waals surface area (Å²) in [4.78, 5) is 1.48. The zero-order valence-corrected chi connectivity index (χ0v) is 11.7. The van der Waals surface area contributed by atoms with Gasteiger partial charge in [-0.2, -0.15) is 0 Å². The number of rotatable bonds is 6. The lowest BCUT2D eigenvalue weighted by Crippen LogP contribution is -2.37. The van der Waals surface area contributed by atoms with Gasteiger partial charge in [0.05, 0.1) is 0 Å². The molecular formula is C15H23NOS. The topological polar surface area (TPSA) is 32.3 Å². The maximum absolute atomic E-state index is 9.68. The number of hydrogen-bond donors (Lipinski definition) is 2. The summed E-state index contributed by atoms with van der Waals surface area (Å²) in [7, 11) is 0. The first-order valence-electron chi connectivity index (χ1n) is 7.21. The first-order valence-corrected chi connectivity index (χ1v) is 8.09. The van der Waals surface area contributed by atoms with E-state index in [0.717, 1.165) is 12.5 Å². The van der Waals surface area contributed by atoms with Gasteiger partial charge in [-0.25, -0.2) is 0 Å². The smallest absolute Gasteiger partial charge is 0.0499 e. The first-order chi connectivity index (χ1) is 8.83. The molecule has 18 heavy (non-hydrogen) atoms. The predicted molar refractivity (Wildman–Crippen MR) is 75.8 cm³/mol. The van der Waals surface area contributed by atoms with E-state index in [-0.39, 0.29) is 5.41 Å². The van der Waals surface area contributed by atoms with Crippen LogP contribution in [0.2, 0.25) is 0 Å². The van der Waals surface area contributed by atoms with Gasteiger partial charge in [0, 0.05) is 29.5 Å². The third-order valence-corrected chi connectivity index (χ3v) is 5.60. The maximum Gasteiger partial charge on any atom is 0.0499 e. The van der Waals surface area contributed by atoms with E-state index >= 15 is 0 Å². The Balaban J connectivity index is 1.63. The average molecular weight is 265 g/mol. The Kier molecular flexibility index (Phi) is 3.73. The highest BCUT2D eigenvalue weighted by Gasteiger charge is 2.37. The molecule has 0 radical (unpaired) electrons. The largest absolute Gasteiger partial charge is 0.396 e. The summed E-state index contributed by atoms with van der Waals surface area (Å²) in [5, 5.41) is 15.6. The van der Waals surface area contributed by atoms with Crippen molar-refractivity contribution in [1.29, 1.82) is 0 Å². The van der Waals surface area contributed by atoms with Crippen molar-refractivity contribution in [1.82, 2.24) is 5.32 Å². The van der Waals surface area contributed by atoms with Crippen LogP contribution in [0.1, 0.15) is 49.4 Å². The molecule has 1 aromatic rings. The van der Waals surface area contributed by atoms with Crippen molar-refractivity contribution in [2.45, 2.75) is 44.6 Å². The Hall–Kier alpha value is -0.380. The minimum absolute atomic E-state index is 0.171. The van der Waals surface area contributed by atoms with Crippen LogP contribution in [-0.2, 0) is 0 Å². The van der Waals surface area contributed by atoms with Crippen molar-refractivity contribution in [3.05, 3.63) is 22.4 Å². The molecule has 0 aliphatic heterocycles. The molecule has 2 fully saturated rings. The SMILES string of the molecule is OCC1(CNC(c2cccs2)C2CC2)CCCC1. The fourth-order valence-electron chi connectivity index (χ4n) is 3.24. The van der Waals surface area contributed by atoms with Crippen LogP contribution >= 0.6 is 11.3 Å².